The Bertz CT molecular complexity index is 779. The summed E-state index contributed by atoms with van der Waals surface area (Å²) in [5.74, 6) is -0.198. The van der Waals surface area contributed by atoms with E-state index in [0.717, 1.165) is 34.6 Å². The van der Waals surface area contributed by atoms with E-state index in [2.05, 4.69) is 5.10 Å². The molecule has 0 atom stereocenters. The fraction of sp³-hybridized carbons (Fsp3) is 0.444. The Hall–Kier alpha value is -2.17. The lowest BCUT2D eigenvalue weighted by atomic mass is 9.96. The van der Waals surface area contributed by atoms with Gasteiger partial charge in [0.15, 0.2) is 0 Å². The van der Waals surface area contributed by atoms with E-state index in [1.54, 1.807) is 15.6 Å². The van der Waals surface area contributed by atoms with Crippen molar-refractivity contribution in [3.63, 3.8) is 0 Å². The minimum atomic E-state index is -0.211. The van der Waals surface area contributed by atoms with E-state index in [0.29, 0.717) is 24.9 Å². The SMILES string of the molecule is Cc1ccc(F)c2c1N(C(=O)Cc1c(C)nn(C)c1C)CCC2. The van der Waals surface area contributed by atoms with Crippen LogP contribution in [0, 0.1) is 26.6 Å². The highest BCUT2D eigenvalue weighted by Crippen LogP contribution is 2.33. The zero-order valence-electron chi connectivity index (χ0n) is 14.1. The molecule has 0 bridgehead atoms. The van der Waals surface area contributed by atoms with Crippen LogP contribution < -0.4 is 4.90 Å². The number of halogens is 1. The van der Waals surface area contributed by atoms with Gasteiger partial charge < -0.3 is 4.90 Å². The first-order valence-electron chi connectivity index (χ1n) is 7.97. The largest absolute Gasteiger partial charge is 0.311 e. The van der Waals surface area contributed by atoms with E-state index in [9.17, 15) is 9.18 Å². The molecule has 0 radical (unpaired) electrons. The summed E-state index contributed by atoms with van der Waals surface area (Å²) in [5.41, 5.74) is 5.24. The molecule has 0 saturated carbocycles. The molecule has 122 valence electrons. The molecule has 0 fully saturated rings. The molecule has 23 heavy (non-hydrogen) atoms. The first-order valence-corrected chi connectivity index (χ1v) is 7.97. The van der Waals surface area contributed by atoms with Gasteiger partial charge in [0.25, 0.3) is 0 Å². The summed E-state index contributed by atoms with van der Waals surface area (Å²) in [6.45, 7) is 6.47. The fourth-order valence-electron chi connectivity index (χ4n) is 3.44. The molecular weight excluding hydrogens is 293 g/mol. The average Bonchev–Trinajstić information content (AvgIpc) is 2.77. The van der Waals surface area contributed by atoms with Crippen LogP contribution >= 0.6 is 0 Å². The monoisotopic (exact) mass is 315 g/mol. The molecule has 2 heterocycles. The van der Waals surface area contributed by atoms with Gasteiger partial charge in [-0.25, -0.2) is 4.39 Å². The highest BCUT2D eigenvalue weighted by molar-refractivity contribution is 5.97. The molecule has 0 aliphatic carbocycles. The number of carbonyl (C=O) groups excluding carboxylic acids is 1. The number of fused-ring (bicyclic) bond motifs is 1. The molecule has 0 N–H and O–H groups in total. The van der Waals surface area contributed by atoms with Crippen LogP contribution in [0.15, 0.2) is 12.1 Å². The Labute approximate surface area is 135 Å². The van der Waals surface area contributed by atoms with E-state index in [4.69, 9.17) is 0 Å². The molecule has 0 spiro atoms. The van der Waals surface area contributed by atoms with E-state index in [-0.39, 0.29) is 11.7 Å². The molecule has 1 aliphatic rings. The minimum absolute atomic E-state index is 0.0128. The second-order valence-corrected chi connectivity index (χ2v) is 6.29. The van der Waals surface area contributed by atoms with E-state index in [1.165, 1.54) is 6.07 Å². The highest BCUT2D eigenvalue weighted by atomic mass is 19.1. The number of hydrogen-bond acceptors (Lipinski definition) is 2. The fourth-order valence-corrected chi connectivity index (χ4v) is 3.44. The van der Waals surface area contributed by atoms with Gasteiger partial charge in [0.05, 0.1) is 17.8 Å². The first kappa shape index (κ1) is 15.7. The highest BCUT2D eigenvalue weighted by Gasteiger charge is 2.27. The van der Waals surface area contributed by atoms with Gasteiger partial charge in [-0.1, -0.05) is 6.07 Å². The van der Waals surface area contributed by atoms with Crippen molar-refractivity contribution in [2.45, 2.75) is 40.0 Å². The summed E-state index contributed by atoms with van der Waals surface area (Å²) in [7, 11) is 1.88. The summed E-state index contributed by atoms with van der Waals surface area (Å²) >= 11 is 0. The van der Waals surface area contributed by atoms with E-state index < -0.39 is 0 Å². The second-order valence-electron chi connectivity index (χ2n) is 6.29. The van der Waals surface area contributed by atoms with Crippen LogP contribution in [0.4, 0.5) is 10.1 Å². The summed E-state index contributed by atoms with van der Waals surface area (Å²) in [6.07, 6.45) is 1.79. The van der Waals surface area contributed by atoms with Gasteiger partial charge in [0, 0.05) is 30.4 Å². The molecule has 1 aromatic carbocycles. The molecule has 4 nitrogen and oxygen atoms in total. The van der Waals surface area contributed by atoms with Crippen LogP contribution in [0.5, 0.6) is 0 Å². The van der Waals surface area contributed by atoms with Crippen LogP contribution in [0.25, 0.3) is 0 Å². The number of amides is 1. The lowest BCUT2D eigenvalue weighted by Gasteiger charge is -2.31. The molecule has 2 aromatic rings. The predicted octanol–water partition coefficient (Wildman–Crippen LogP) is 3.01. The van der Waals surface area contributed by atoms with Gasteiger partial charge >= 0.3 is 0 Å². The number of benzene rings is 1. The molecule has 0 saturated heterocycles. The summed E-state index contributed by atoms with van der Waals surface area (Å²) < 4.78 is 15.9. The van der Waals surface area contributed by atoms with Gasteiger partial charge in [-0.15, -0.1) is 0 Å². The third-order valence-electron chi connectivity index (χ3n) is 4.79. The van der Waals surface area contributed by atoms with Gasteiger partial charge in [-0.2, -0.15) is 5.10 Å². The molecule has 1 aliphatic heterocycles. The second kappa shape index (κ2) is 5.80. The van der Waals surface area contributed by atoms with Crippen molar-refractivity contribution in [2.75, 3.05) is 11.4 Å². The predicted molar refractivity (Wildman–Crippen MR) is 88.2 cm³/mol. The summed E-state index contributed by atoms with van der Waals surface area (Å²) in [5, 5.41) is 4.37. The zero-order valence-corrected chi connectivity index (χ0v) is 14.1. The van der Waals surface area contributed by atoms with Crippen molar-refractivity contribution in [2.24, 2.45) is 7.05 Å². The normalized spacial score (nSPS) is 14.0. The van der Waals surface area contributed by atoms with Gasteiger partial charge in [-0.05, 0) is 45.2 Å². The van der Waals surface area contributed by atoms with E-state index >= 15 is 0 Å². The summed E-state index contributed by atoms with van der Waals surface area (Å²) in [6, 6.07) is 3.25. The number of hydrogen-bond donors (Lipinski definition) is 0. The van der Waals surface area contributed by atoms with Crippen LogP contribution in [-0.4, -0.2) is 22.2 Å². The number of aromatic nitrogens is 2. The Morgan fingerprint density at radius 3 is 2.70 bits per heavy atom. The standard InChI is InChI=1S/C18H22FN3O/c1-11-7-8-16(19)14-6-5-9-22(18(11)14)17(23)10-15-12(2)20-21(4)13(15)3/h7-8H,5-6,9-10H2,1-4H3. The van der Waals surface area contributed by atoms with Crippen molar-refractivity contribution in [3.8, 4) is 0 Å². The number of aryl methyl sites for hydroxylation is 3. The maximum Gasteiger partial charge on any atom is 0.231 e. The summed E-state index contributed by atoms with van der Waals surface area (Å²) in [4.78, 5) is 14.6. The molecule has 0 unspecified atom stereocenters. The van der Waals surface area contributed by atoms with Crippen LogP contribution in [0.3, 0.4) is 0 Å². The molecule has 5 heteroatoms. The van der Waals surface area contributed by atoms with Crippen LogP contribution in [0.2, 0.25) is 0 Å². The van der Waals surface area contributed by atoms with Crippen LogP contribution in [0.1, 0.15) is 34.5 Å². The maximum absolute atomic E-state index is 14.1. The smallest absolute Gasteiger partial charge is 0.231 e. The van der Waals surface area contributed by atoms with Crippen molar-refractivity contribution in [1.82, 2.24) is 9.78 Å². The van der Waals surface area contributed by atoms with Gasteiger partial charge in [-0.3, -0.25) is 9.48 Å². The molecule has 1 aromatic heterocycles. The Kier molecular flexibility index (Phi) is 3.96. The van der Waals surface area contributed by atoms with E-state index in [1.807, 2.05) is 27.8 Å². The Balaban J connectivity index is 1.95. The average molecular weight is 315 g/mol. The zero-order chi connectivity index (χ0) is 16.7. The molecule has 1 amide bonds. The quantitative estimate of drug-likeness (QED) is 0.854. The third-order valence-corrected chi connectivity index (χ3v) is 4.79. The maximum atomic E-state index is 14.1. The lowest BCUT2D eigenvalue weighted by Crippen LogP contribution is -2.37. The Morgan fingerprint density at radius 1 is 1.30 bits per heavy atom. The van der Waals surface area contributed by atoms with Gasteiger partial charge in [0.1, 0.15) is 5.82 Å². The van der Waals surface area contributed by atoms with Crippen molar-refractivity contribution < 1.29 is 9.18 Å². The third kappa shape index (κ3) is 2.64. The van der Waals surface area contributed by atoms with Crippen LogP contribution in [-0.2, 0) is 24.7 Å². The van der Waals surface area contributed by atoms with Crippen molar-refractivity contribution in [1.29, 1.82) is 0 Å². The number of carbonyl (C=O) groups is 1. The van der Waals surface area contributed by atoms with Crippen molar-refractivity contribution >= 4 is 11.6 Å². The van der Waals surface area contributed by atoms with Gasteiger partial charge in [0.2, 0.25) is 5.91 Å². The first-order chi connectivity index (χ1) is 10.9. The lowest BCUT2D eigenvalue weighted by molar-refractivity contribution is -0.118. The topological polar surface area (TPSA) is 38.1 Å². The van der Waals surface area contributed by atoms with Crippen molar-refractivity contribution in [3.05, 3.63) is 46.0 Å². The Morgan fingerprint density at radius 2 is 2.04 bits per heavy atom. The number of rotatable bonds is 2. The minimum Gasteiger partial charge on any atom is -0.311 e. The molecular formula is C18H22FN3O. The number of anilines is 1. The molecule has 3 rings (SSSR count). The number of nitrogens with zero attached hydrogens (tertiary/aromatic N) is 3.